The molecule has 3 N–H and O–H groups in total. The van der Waals surface area contributed by atoms with Crippen LogP contribution in [0.4, 0.5) is 5.69 Å². The molecule has 0 saturated heterocycles. The lowest BCUT2D eigenvalue weighted by Crippen LogP contribution is -1.79. The second-order valence-electron chi connectivity index (χ2n) is 3.10. The van der Waals surface area contributed by atoms with Crippen LogP contribution >= 0.6 is 0 Å². The van der Waals surface area contributed by atoms with Crippen LogP contribution in [0, 0.1) is 0 Å². The SMILES string of the molecule is Nc1coc2cc3[nH]ccc3cc12. The number of hydrogen-bond acceptors (Lipinski definition) is 2. The Balaban J connectivity index is 2.59. The summed E-state index contributed by atoms with van der Waals surface area (Å²) in [4.78, 5) is 3.12. The molecule has 0 atom stereocenters. The van der Waals surface area contributed by atoms with E-state index in [0.717, 1.165) is 21.9 Å². The van der Waals surface area contributed by atoms with E-state index in [4.69, 9.17) is 10.2 Å². The van der Waals surface area contributed by atoms with Crippen molar-refractivity contribution in [3.05, 3.63) is 30.7 Å². The Kier molecular flexibility index (Phi) is 1.05. The second kappa shape index (κ2) is 2.07. The van der Waals surface area contributed by atoms with E-state index in [0.29, 0.717) is 5.69 Å². The maximum atomic E-state index is 5.73. The van der Waals surface area contributed by atoms with Crippen molar-refractivity contribution in [3.63, 3.8) is 0 Å². The number of aromatic amines is 1. The molecule has 3 rings (SSSR count). The molecule has 0 saturated carbocycles. The highest BCUT2D eigenvalue weighted by Crippen LogP contribution is 2.27. The van der Waals surface area contributed by atoms with Gasteiger partial charge in [-0.2, -0.15) is 0 Å². The van der Waals surface area contributed by atoms with E-state index in [2.05, 4.69) is 4.98 Å². The topological polar surface area (TPSA) is 54.9 Å². The zero-order chi connectivity index (χ0) is 8.84. The van der Waals surface area contributed by atoms with Gasteiger partial charge >= 0.3 is 0 Å². The summed E-state index contributed by atoms with van der Waals surface area (Å²) in [6, 6.07) is 6.00. The number of nitrogens with two attached hydrogens (primary N) is 1. The molecule has 0 aliphatic carbocycles. The van der Waals surface area contributed by atoms with Gasteiger partial charge in [0.1, 0.15) is 11.8 Å². The maximum absolute atomic E-state index is 5.73. The van der Waals surface area contributed by atoms with E-state index in [9.17, 15) is 0 Å². The molecule has 0 amide bonds. The van der Waals surface area contributed by atoms with Gasteiger partial charge in [0.05, 0.1) is 5.69 Å². The van der Waals surface area contributed by atoms with Crippen molar-refractivity contribution in [2.45, 2.75) is 0 Å². The Hall–Kier alpha value is -1.90. The summed E-state index contributed by atoms with van der Waals surface area (Å²) in [5.41, 5.74) is 8.32. The second-order valence-corrected chi connectivity index (χ2v) is 3.10. The lowest BCUT2D eigenvalue weighted by atomic mass is 10.2. The molecule has 1 aromatic carbocycles. The van der Waals surface area contributed by atoms with Crippen LogP contribution in [0.3, 0.4) is 0 Å². The van der Waals surface area contributed by atoms with Crippen LogP contribution in [0.1, 0.15) is 0 Å². The van der Waals surface area contributed by atoms with Gasteiger partial charge in [0.2, 0.25) is 0 Å². The zero-order valence-corrected chi connectivity index (χ0v) is 6.87. The standard InChI is InChI=1S/C10H8N2O/c11-8-5-13-10-4-9-6(1-2-12-9)3-7(8)10/h1-5,12H,11H2. The summed E-state index contributed by atoms with van der Waals surface area (Å²) in [5.74, 6) is 0. The molecule has 0 fully saturated rings. The van der Waals surface area contributed by atoms with Crippen LogP contribution in [0.25, 0.3) is 21.9 Å². The monoisotopic (exact) mass is 172 g/mol. The van der Waals surface area contributed by atoms with Gasteiger partial charge < -0.3 is 15.1 Å². The third-order valence-corrected chi connectivity index (χ3v) is 2.28. The largest absolute Gasteiger partial charge is 0.462 e. The lowest BCUT2D eigenvalue weighted by Gasteiger charge is -1.91. The summed E-state index contributed by atoms with van der Waals surface area (Å²) >= 11 is 0. The van der Waals surface area contributed by atoms with E-state index >= 15 is 0 Å². The fourth-order valence-electron chi connectivity index (χ4n) is 1.59. The number of anilines is 1. The normalized spacial score (nSPS) is 11.4. The highest BCUT2D eigenvalue weighted by atomic mass is 16.3. The zero-order valence-electron chi connectivity index (χ0n) is 6.87. The van der Waals surface area contributed by atoms with Crippen LogP contribution in [-0.4, -0.2) is 4.98 Å². The number of H-pyrrole nitrogens is 1. The quantitative estimate of drug-likeness (QED) is 0.547. The molecule has 64 valence electrons. The number of aromatic nitrogens is 1. The van der Waals surface area contributed by atoms with E-state index < -0.39 is 0 Å². The van der Waals surface area contributed by atoms with Gasteiger partial charge in [0.25, 0.3) is 0 Å². The molecule has 2 aromatic heterocycles. The smallest absolute Gasteiger partial charge is 0.138 e. The van der Waals surface area contributed by atoms with Crippen molar-refractivity contribution in [2.75, 3.05) is 5.73 Å². The average Bonchev–Trinajstić information content (AvgIpc) is 2.70. The van der Waals surface area contributed by atoms with Crippen molar-refractivity contribution in [1.82, 2.24) is 4.98 Å². The average molecular weight is 172 g/mol. The Morgan fingerprint density at radius 3 is 3.15 bits per heavy atom. The predicted octanol–water partition coefficient (Wildman–Crippen LogP) is 2.50. The summed E-state index contributed by atoms with van der Waals surface area (Å²) in [6.07, 6.45) is 3.48. The first-order valence-corrected chi connectivity index (χ1v) is 4.08. The molecule has 0 aliphatic heterocycles. The molecule has 13 heavy (non-hydrogen) atoms. The molecular formula is C10H8N2O. The van der Waals surface area contributed by atoms with Crippen LogP contribution in [0.2, 0.25) is 0 Å². The molecule has 0 radical (unpaired) electrons. The fourth-order valence-corrected chi connectivity index (χ4v) is 1.59. The van der Waals surface area contributed by atoms with E-state index in [-0.39, 0.29) is 0 Å². The van der Waals surface area contributed by atoms with E-state index in [1.165, 1.54) is 0 Å². The highest BCUT2D eigenvalue weighted by molar-refractivity contribution is 5.99. The third kappa shape index (κ3) is 0.783. The number of furan rings is 1. The number of rotatable bonds is 0. The minimum Gasteiger partial charge on any atom is -0.462 e. The molecule has 3 aromatic rings. The molecule has 3 heteroatoms. The van der Waals surface area contributed by atoms with Crippen molar-refractivity contribution in [2.24, 2.45) is 0 Å². The molecule has 0 aliphatic rings. The number of nitrogen functional groups attached to an aromatic ring is 1. The Labute approximate surface area is 74.1 Å². The number of benzene rings is 1. The van der Waals surface area contributed by atoms with Crippen LogP contribution in [0.5, 0.6) is 0 Å². The molecule has 3 nitrogen and oxygen atoms in total. The van der Waals surface area contributed by atoms with Gasteiger partial charge in [-0.05, 0) is 12.1 Å². The van der Waals surface area contributed by atoms with Crippen LogP contribution in [-0.2, 0) is 0 Å². The van der Waals surface area contributed by atoms with Gasteiger partial charge in [-0.15, -0.1) is 0 Å². The first kappa shape index (κ1) is 6.60. The van der Waals surface area contributed by atoms with E-state index in [1.807, 2.05) is 24.4 Å². The summed E-state index contributed by atoms with van der Waals surface area (Å²) < 4.78 is 5.28. The Bertz CT molecular complexity index is 577. The fraction of sp³-hybridized carbons (Fsp3) is 0. The Morgan fingerprint density at radius 2 is 2.23 bits per heavy atom. The van der Waals surface area contributed by atoms with Crippen molar-refractivity contribution >= 4 is 27.6 Å². The summed E-state index contributed by atoms with van der Waals surface area (Å²) in [5, 5.41) is 2.13. The van der Waals surface area contributed by atoms with Gasteiger partial charge in [0, 0.05) is 28.6 Å². The lowest BCUT2D eigenvalue weighted by molar-refractivity contribution is 0.617. The van der Waals surface area contributed by atoms with Gasteiger partial charge in [0.15, 0.2) is 0 Å². The van der Waals surface area contributed by atoms with Crippen molar-refractivity contribution in [3.8, 4) is 0 Å². The molecule has 2 heterocycles. The first-order valence-electron chi connectivity index (χ1n) is 4.08. The minimum atomic E-state index is 0.693. The van der Waals surface area contributed by atoms with Crippen molar-refractivity contribution in [1.29, 1.82) is 0 Å². The third-order valence-electron chi connectivity index (χ3n) is 2.28. The van der Waals surface area contributed by atoms with Gasteiger partial charge in [-0.3, -0.25) is 0 Å². The molecular weight excluding hydrogens is 164 g/mol. The minimum absolute atomic E-state index is 0.693. The van der Waals surface area contributed by atoms with Gasteiger partial charge in [-0.25, -0.2) is 0 Å². The summed E-state index contributed by atoms with van der Waals surface area (Å²) in [7, 11) is 0. The van der Waals surface area contributed by atoms with Crippen molar-refractivity contribution < 1.29 is 4.42 Å². The predicted molar refractivity (Wildman–Crippen MR) is 52.5 cm³/mol. The summed E-state index contributed by atoms with van der Waals surface area (Å²) in [6.45, 7) is 0. The van der Waals surface area contributed by atoms with Gasteiger partial charge in [-0.1, -0.05) is 0 Å². The number of nitrogens with one attached hydrogen (secondary N) is 1. The number of fused-ring (bicyclic) bond motifs is 2. The van der Waals surface area contributed by atoms with E-state index in [1.54, 1.807) is 6.26 Å². The Morgan fingerprint density at radius 1 is 1.31 bits per heavy atom. The first-order chi connectivity index (χ1) is 6.34. The molecule has 0 bridgehead atoms. The number of hydrogen-bond donors (Lipinski definition) is 2. The maximum Gasteiger partial charge on any atom is 0.138 e. The van der Waals surface area contributed by atoms with Crippen LogP contribution < -0.4 is 5.73 Å². The van der Waals surface area contributed by atoms with Crippen LogP contribution in [0.15, 0.2) is 35.1 Å². The molecule has 0 spiro atoms. The molecule has 0 unspecified atom stereocenters. The highest BCUT2D eigenvalue weighted by Gasteiger charge is 2.04.